The highest BCUT2D eigenvalue weighted by Crippen LogP contribution is 2.08. The highest BCUT2D eigenvalue weighted by Gasteiger charge is 2.03. The van der Waals surface area contributed by atoms with E-state index in [1.807, 2.05) is 6.92 Å². The first kappa shape index (κ1) is 14.6. The van der Waals surface area contributed by atoms with Gasteiger partial charge < -0.3 is 5.11 Å². The summed E-state index contributed by atoms with van der Waals surface area (Å²) in [6.07, 6.45) is 3.97. The van der Waals surface area contributed by atoms with Gasteiger partial charge in [0.15, 0.2) is 0 Å². The van der Waals surface area contributed by atoms with Gasteiger partial charge in [-0.1, -0.05) is 30.5 Å². The van der Waals surface area contributed by atoms with Crippen LogP contribution in [0, 0.1) is 0 Å². The van der Waals surface area contributed by atoms with Gasteiger partial charge in [0.05, 0.1) is 5.02 Å². The molecule has 4 nitrogen and oxygen atoms in total. The number of aliphatic hydroxyl groups excluding tert-OH is 1. The van der Waals surface area contributed by atoms with Crippen LogP contribution in [0.3, 0.4) is 0 Å². The molecule has 3 N–H and O–H groups in total. The molecule has 1 aromatic heterocycles. The first-order valence-corrected chi connectivity index (χ1v) is 5.88. The van der Waals surface area contributed by atoms with Gasteiger partial charge in [-0.15, -0.1) is 0 Å². The van der Waals surface area contributed by atoms with E-state index in [4.69, 9.17) is 21.8 Å². The fraction of sp³-hybridized carbons (Fsp3) is 0.556. The largest absolute Gasteiger partial charge is 0.397 e. The molecule has 6 heteroatoms. The summed E-state index contributed by atoms with van der Waals surface area (Å²) >= 11 is 6.94. The highest BCUT2D eigenvalue weighted by molar-refractivity contribution is 7.97. The Bertz CT molecular complexity index is 258. The zero-order valence-corrected chi connectivity index (χ0v) is 10.4. The third-order valence-corrected chi connectivity index (χ3v) is 2.20. The second-order valence-electron chi connectivity index (χ2n) is 2.78. The molecule has 1 atom stereocenters. The molecule has 1 rings (SSSR count). The average molecular weight is 250 g/mol. The summed E-state index contributed by atoms with van der Waals surface area (Å²) in [5, 5.41) is 13.9. The summed E-state index contributed by atoms with van der Waals surface area (Å²) < 4.78 is 0. The maximum atomic E-state index is 7.57. The smallest absolute Gasteiger partial charge is 0.129 e. The average Bonchev–Trinajstić information content (AvgIpc) is 2.22. The maximum Gasteiger partial charge on any atom is 0.129 e. The minimum atomic E-state index is 0.250. The molecule has 0 bridgehead atoms. The van der Waals surface area contributed by atoms with Crippen LogP contribution < -0.4 is 5.14 Å². The predicted octanol–water partition coefficient (Wildman–Crippen LogP) is 1.67. The van der Waals surface area contributed by atoms with Crippen molar-refractivity contribution in [3.63, 3.8) is 0 Å². The van der Waals surface area contributed by atoms with Gasteiger partial charge in [-0.2, -0.15) is 0 Å². The SMILES string of the molecule is CC(Cc1ncc(Cl)cn1)SN.CCO. The van der Waals surface area contributed by atoms with E-state index in [1.54, 1.807) is 19.3 Å². The van der Waals surface area contributed by atoms with E-state index >= 15 is 0 Å². The molecule has 0 saturated carbocycles. The van der Waals surface area contributed by atoms with Gasteiger partial charge in [-0.3, -0.25) is 5.14 Å². The van der Waals surface area contributed by atoms with Crippen LogP contribution in [0.5, 0.6) is 0 Å². The monoisotopic (exact) mass is 249 g/mol. The van der Waals surface area contributed by atoms with Crippen molar-refractivity contribution in [2.45, 2.75) is 25.5 Å². The van der Waals surface area contributed by atoms with E-state index in [0.717, 1.165) is 12.2 Å². The normalized spacial score (nSPS) is 11.5. The number of aliphatic hydroxyl groups is 1. The Morgan fingerprint density at radius 3 is 2.40 bits per heavy atom. The molecule has 0 radical (unpaired) electrons. The summed E-state index contributed by atoms with van der Waals surface area (Å²) in [4.78, 5) is 8.11. The first-order chi connectivity index (χ1) is 7.13. The number of nitrogens with zero attached hydrogens (tertiary/aromatic N) is 2. The van der Waals surface area contributed by atoms with E-state index in [-0.39, 0.29) is 6.61 Å². The van der Waals surface area contributed by atoms with Gasteiger partial charge in [-0.05, 0) is 6.92 Å². The van der Waals surface area contributed by atoms with E-state index in [9.17, 15) is 0 Å². The van der Waals surface area contributed by atoms with Gasteiger partial charge in [0.25, 0.3) is 0 Å². The lowest BCUT2D eigenvalue weighted by Gasteiger charge is -2.04. The second-order valence-corrected chi connectivity index (χ2v) is 4.30. The second kappa shape index (κ2) is 8.91. The van der Waals surface area contributed by atoms with Crippen molar-refractivity contribution < 1.29 is 5.11 Å². The lowest BCUT2D eigenvalue weighted by molar-refractivity contribution is 0.318. The molecule has 15 heavy (non-hydrogen) atoms. The first-order valence-electron chi connectivity index (χ1n) is 4.56. The molecule has 86 valence electrons. The van der Waals surface area contributed by atoms with Crippen LogP contribution in [0.15, 0.2) is 12.4 Å². The van der Waals surface area contributed by atoms with E-state index in [0.29, 0.717) is 10.3 Å². The summed E-state index contributed by atoms with van der Waals surface area (Å²) in [6.45, 7) is 3.96. The van der Waals surface area contributed by atoms with Gasteiger partial charge >= 0.3 is 0 Å². The molecule has 0 amide bonds. The molecule has 0 fully saturated rings. The van der Waals surface area contributed by atoms with Crippen molar-refractivity contribution in [3.8, 4) is 0 Å². The Kier molecular flexibility index (Phi) is 8.70. The van der Waals surface area contributed by atoms with Crippen LogP contribution in [0.25, 0.3) is 0 Å². The minimum absolute atomic E-state index is 0.250. The molecule has 0 aliphatic rings. The van der Waals surface area contributed by atoms with E-state index < -0.39 is 0 Å². The summed E-state index contributed by atoms with van der Waals surface area (Å²) in [5.41, 5.74) is 0. The van der Waals surface area contributed by atoms with Gasteiger partial charge in [0, 0.05) is 30.7 Å². The Labute approximate surface area is 99.4 Å². The number of halogens is 1. The topological polar surface area (TPSA) is 72.0 Å². The molecule has 0 aliphatic heterocycles. The van der Waals surface area contributed by atoms with E-state index in [2.05, 4.69) is 9.97 Å². The fourth-order valence-corrected chi connectivity index (χ4v) is 1.09. The molecule has 0 saturated heterocycles. The molecule has 1 aromatic rings. The highest BCUT2D eigenvalue weighted by atomic mass is 35.5. The van der Waals surface area contributed by atoms with Gasteiger partial charge in [0.2, 0.25) is 0 Å². The van der Waals surface area contributed by atoms with Crippen molar-refractivity contribution >= 4 is 23.5 Å². The minimum Gasteiger partial charge on any atom is -0.397 e. The van der Waals surface area contributed by atoms with Crippen molar-refractivity contribution in [1.82, 2.24) is 9.97 Å². The Hall–Kier alpha value is -0.360. The lowest BCUT2D eigenvalue weighted by atomic mass is 10.3. The quantitative estimate of drug-likeness (QED) is 0.798. The molecule has 0 aromatic carbocycles. The molecule has 1 unspecified atom stereocenters. The number of hydrogen-bond acceptors (Lipinski definition) is 5. The Morgan fingerprint density at radius 1 is 1.53 bits per heavy atom. The molecule has 0 spiro atoms. The summed E-state index contributed by atoms with van der Waals surface area (Å²) in [5.74, 6) is 0.782. The number of aromatic nitrogens is 2. The van der Waals surface area contributed by atoms with Crippen molar-refractivity contribution in [1.29, 1.82) is 0 Å². The van der Waals surface area contributed by atoms with E-state index in [1.165, 1.54) is 11.9 Å². The number of rotatable bonds is 3. The third-order valence-electron chi connectivity index (χ3n) is 1.38. The fourth-order valence-electron chi connectivity index (χ4n) is 0.750. The standard InChI is InChI=1S/C7H10ClN3S.C2H6O/c1-5(12-9)2-7-10-3-6(8)4-11-7;1-2-3/h3-5H,2,9H2,1H3;3H,2H2,1H3. The number of hydrogen-bond donors (Lipinski definition) is 2. The van der Waals surface area contributed by atoms with Crippen LogP contribution in [0.4, 0.5) is 0 Å². The maximum absolute atomic E-state index is 7.57. The molecule has 1 heterocycles. The molecule has 0 aliphatic carbocycles. The van der Waals surface area contributed by atoms with Crippen LogP contribution >= 0.6 is 23.5 Å². The zero-order chi connectivity index (χ0) is 11.7. The predicted molar refractivity (Wildman–Crippen MR) is 64.7 cm³/mol. The van der Waals surface area contributed by atoms with Crippen LogP contribution in [0.1, 0.15) is 19.7 Å². The number of nitrogens with two attached hydrogens (primary N) is 1. The van der Waals surface area contributed by atoms with Gasteiger partial charge in [-0.25, -0.2) is 9.97 Å². The lowest BCUT2D eigenvalue weighted by Crippen LogP contribution is -2.07. The van der Waals surface area contributed by atoms with Crippen LogP contribution in [0.2, 0.25) is 5.02 Å². The molecular formula is C9H16ClN3OS. The van der Waals surface area contributed by atoms with Crippen LogP contribution in [-0.4, -0.2) is 26.9 Å². The third kappa shape index (κ3) is 7.56. The van der Waals surface area contributed by atoms with Crippen LogP contribution in [-0.2, 0) is 6.42 Å². The summed E-state index contributed by atoms with van der Waals surface area (Å²) in [7, 11) is 0. The zero-order valence-electron chi connectivity index (χ0n) is 8.85. The van der Waals surface area contributed by atoms with Crippen molar-refractivity contribution in [3.05, 3.63) is 23.2 Å². The Balaban J connectivity index is 0.000000583. The summed E-state index contributed by atoms with van der Waals surface area (Å²) in [6, 6.07) is 0. The Morgan fingerprint density at radius 2 is 2.00 bits per heavy atom. The molecular weight excluding hydrogens is 234 g/mol. The van der Waals surface area contributed by atoms with Gasteiger partial charge in [0.1, 0.15) is 5.82 Å². The van der Waals surface area contributed by atoms with Crippen molar-refractivity contribution in [2.75, 3.05) is 6.61 Å². The van der Waals surface area contributed by atoms with Crippen molar-refractivity contribution in [2.24, 2.45) is 5.14 Å².